The fraction of sp³-hybridized carbons (Fsp3) is 0.206. The van der Waals surface area contributed by atoms with Gasteiger partial charge in [0.15, 0.2) is 10.3 Å². The predicted octanol–water partition coefficient (Wildman–Crippen LogP) is 16.3. The van der Waals surface area contributed by atoms with Gasteiger partial charge in [-0.3, -0.25) is 19.2 Å². The molecule has 15 heteroatoms. The molecule has 1 aliphatic heterocycles. The van der Waals surface area contributed by atoms with Gasteiger partial charge < -0.3 is 20.1 Å². The fourth-order valence-electron chi connectivity index (χ4n) is 13.6. The van der Waals surface area contributed by atoms with Crippen LogP contribution in [0.1, 0.15) is 108 Å². The number of ether oxygens (including phenoxy) is 2. The molecule has 0 spiro atoms. The van der Waals surface area contributed by atoms with Crippen LogP contribution >= 0.6 is 68.1 Å². The van der Waals surface area contributed by atoms with Crippen LogP contribution < -0.4 is 20.1 Å². The summed E-state index contributed by atoms with van der Waals surface area (Å²) in [5, 5.41) is 14.2. The molecule has 2 unspecified atom stereocenters. The summed E-state index contributed by atoms with van der Waals surface area (Å²) in [5.41, 5.74) is 13.3. The number of aromatic nitrogens is 2. The van der Waals surface area contributed by atoms with Crippen molar-refractivity contribution in [1.29, 1.82) is 0 Å². The number of imide groups is 1. The highest BCUT2D eigenvalue weighted by molar-refractivity contribution is 14.1. The lowest BCUT2D eigenvalue weighted by Crippen LogP contribution is -2.47. The average Bonchev–Trinajstić information content (AvgIpc) is 1.49. The minimum Gasteiger partial charge on any atom is -0.497 e. The average molecular weight is 1360 g/mol. The number of hydrogen-bond acceptors (Lipinski definition) is 10. The number of carbonyl (C=O) groups is 4. The highest BCUT2D eigenvalue weighted by Gasteiger charge is 2.55. The molecule has 1 saturated heterocycles. The smallest absolute Gasteiger partial charge is 0.238 e. The van der Waals surface area contributed by atoms with Crippen LogP contribution in [0.5, 0.6) is 11.5 Å². The number of anilines is 2. The van der Waals surface area contributed by atoms with Gasteiger partial charge in [0.1, 0.15) is 11.5 Å². The quantitative estimate of drug-likeness (QED) is 0.0871. The van der Waals surface area contributed by atoms with Crippen LogP contribution in [0.25, 0.3) is 44.1 Å². The molecule has 4 amide bonds. The summed E-state index contributed by atoms with van der Waals surface area (Å²) in [6, 6.07) is 59.1. The van der Waals surface area contributed by atoms with Crippen molar-refractivity contribution in [3.05, 3.63) is 223 Å². The molecule has 17 rings (SSSR count). The van der Waals surface area contributed by atoms with Crippen LogP contribution in [-0.4, -0.2) is 50.9 Å². The number of thiazole rings is 2. The molecule has 414 valence electrons. The molecule has 2 N–H and O–H groups in total. The minimum atomic E-state index is -0.569. The Bertz CT molecular complexity index is 4160. The highest BCUT2D eigenvalue weighted by Crippen LogP contribution is 2.63. The summed E-state index contributed by atoms with van der Waals surface area (Å²) in [5.74, 6) is 2.08. The van der Waals surface area contributed by atoms with Gasteiger partial charge in [0.05, 0.1) is 62.2 Å². The van der Waals surface area contributed by atoms with Crippen LogP contribution in [0.3, 0.4) is 0 Å². The Labute approximate surface area is 516 Å². The van der Waals surface area contributed by atoms with E-state index in [9.17, 15) is 19.2 Å². The van der Waals surface area contributed by atoms with Crippen molar-refractivity contribution in [2.45, 2.75) is 63.2 Å². The van der Waals surface area contributed by atoms with Crippen LogP contribution in [0.2, 0.25) is 0 Å². The molecule has 6 aliphatic carbocycles. The maximum atomic E-state index is 14.1. The number of halogens is 2. The van der Waals surface area contributed by atoms with Crippen LogP contribution in [-0.2, 0) is 19.2 Å². The molecule has 2 atom stereocenters. The number of fused-ring (bicyclic) bond motifs is 4. The second-order valence-electron chi connectivity index (χ2n) is 22.2. The number of amides is 4. The third kappa shape index (κ3) is 9.60. The molecule has 2 aromatic heterocycles. The van der Waals surface area contributed by atoms with E-state index in [-0.39, 0.29) is 47.3 Å². The van der Waals surface area contributed by atoms with Gasteiger partial charge in [-0.25, -0.2) is 13.1 Å². The van der Waals surface area contributed by atoms with Gasteiger partial charge in [-0.2, -0.15) is 0 Å². The minimum absolute atomic E-state index is 0.0199. The molecular formula is C68H55I2N5O6S2. The number of nitrogens with zero attached hydrogens (tertiary/aromatic N) is 3. The third-order valence-corrected chi connectivity index (χ3v) is 21.3. The molecule has 1 fully saturated rings. The van der Waals surface area contributed by atoms with Crippen LogP contribution in [0, 0.1) is 13.7 Å². The first-order chi connectivity index (χ1) is 40.3. The van der Waals surface area contributed by atoms with Crippen molar-refractivity contribution in [2.75, 3.05) is 24.9 Å². The lowest BCUT2D eigenvalue weighted by molar-refractivity contribution is -0.131. The molecule has 10 aromatic rings. The second-order valence-corrected chi connectivity index (χ2v) is 26.8. The van der Waals surface area contributed by atoms with Crippen molar-refractivity contribution in [3.8, 4) is 34.0 Å². The maximum absolute atomic E-state index is 14.1. The number of benzene rings is 8. The normalized spacial score (nSPS) is 21.2. The summed E-state index contributed by atoms with van der Waals surface area (Å²) in [4.78, 5) is 58.8. The maximum Gasteiger partial charge on any atom is 0.238 e. The molecule has 4 bridgehead atoms. The van der Waals surface area contributed by atoms with E-state index in [0.717, 1.165) is 74.4 Å². The Morgan fingerprint density at radius 3 is 1.41 bits per heavy atom. The number of hydrogen-bond donors (Lipinski definition) is 2. The zero-order valence-electron chi connectivity index (χ0n) is 45.7. The second kappa shape index (κ2) is 22.0. The standard InChI is InChI=1S/C32H25IN2O2S.C32H26N2O2S.C4H4INO2/c1-32(17-26-21-9-3-5-11-23(21)27(32)24-12-6-4-10-22(24)26)30(36)35-31-34-28(29(33)38-31)25-13-7-8-18-16-19(37-2)14-15-20(18)25;1-32(17-27-22-9-3-5-11-25(22)29(32)26-12-6-4-10-23(26)27)30(35)34-31-33-28(18-37-31)24-13-7-8-19-16-20(36-2)14-15-21(19)24;5-6-3(7)1-2-4(6)8/h3-16,26-27H,17H2,1-2H3,(H,34,35,36);3-16,18,27,29H,17H2,1-2H3,(H,33,34,35);1-2H2. The third-order valence-electron chi connectivity index (χ3n) is 17.5. The van der Waals surface area contributed by atoms with E-state index in [1.165, 1.54) is 67.2 Å². The van der Waals surface area contributed by atoms with E-state index in [0.29, 0.717) is 23.1 Å². The summed E-state index contributed by atoms with van der Waals surface area (Å²) in [7, 11) is 3.36. The molecular weight excluding hydrogens is 1300 g/mol. The van der Waals surface area contributed by atoms with Gasteiger partial charge in [0, 0.05) is 53.0 Å². The molecule has 8 aromatic carbocycles. The number of methoxy groups -OCH3 is 2. The summed E-state index contributed by atoms with van der Waals surface area (Å²) < 4.78 is 13.0. The first-order valence-electron chi connectivity index (χ1n) is 27.5. The first kappa shape index (κ1) is 54.9. The van der Waals surface area contributed by atoms with E-state index in [1.54, 1.807) is 37.1 Å². The summed E-state index contributed by atoms with van der Waals surface area (Å²) >= 11 is 7.06. The highest BCUT2D eigenvalue weighted by atomic mass is 127. The van der Waals surface area contributed by atoms with Crippen molar-refractivity contribution >= 4 is 124 Å². The number of rotatable bonds is 8. The van der Waals surface area contributed by atoms with Crippen LogP contribution in [0.4, 0.5) is 10.3 Å². The number of nitrogens with one attached hydrogen (secondary N) is 2. The van der Waals surface area contributed by atoms with E-state index in [2.05, 4.69) is 181 Å². The largest absolute Gasteiger partial charge is 0.497 e. The molecule has 0 saturated carbocycles. The molecule has 11 nitrogen and oxygen atoms in total. The Morgan fingerprint density at radius 1 is 0.554 bits per heavy atom. The van der Waals surface area contributed by atoms with Crippen LogP contribution in [0.15, 0.2) is 175 Å². The SMILES string of the molecule is COc1ccc2c(-c3csc(NC(=O)C4(C)CC5c6ccccc6C4c4ccccc45)n3)cccc2c1.COc1ccc2c(-c3nc(NC(=O)C4(C)CC5c6ccccc6C4c4ccccc45)sc3I)cccc2c1.O=C1CCC(=O)N1I. The van der Waals surface area contributed by atoms with Gasteiger partial charge in [-0.15, -0.1) is 11.3 Å². The Morgan fingerprint density at radius 2 is 0.976 bits per heavy atom. The fourth-order valence-corrected chi connectivity index (χ4v) is 16.5. The van der Waals surface area contributed by atoms with E-state index < -0.39 is 10.8 Å². The molecule has 83 heavy (non-hydrogen) atoms. The molecule has 0 radical (unpaired) electrons. The topological polar surface area (TPSA) is 140 Å². The summed E-state index contributed by atoms with van der Waals surface area (Å²) in [6.45, 7) is 4.25. The van der Waals surface area contributed by atoms with Crippen molar-refractivity contribution in [3.63, 3.8) is 0 Å². The number of carbonyl (C=O) groups excluding carboxylic acids is 4. The zero-order valence-corrected chi connectivity index (χ0v) is 51.7. The lowest BCUT2D eigenvalue weighted by Gasteiger charge is -2.50. The van der Waals surface area contributed by atoms with Gasteiger partial charge in [-0.1, -0.05) is 157 Å². The Hall–Kier alpha value is -7.32. The van der Waals surface area contributed by atoms with Gasteiger partial charge in [0.2, 0.25) is 23.6 Å². The predicted molar refractivity (Wildman–Crippen MR) is 347 cm³/mol. The van der Waals surface area contributed by atoms with Crippen molar-refractivity contribution in [2.24, 2.45) is 10.8 Å². The van der Waals surface area contributed by atoms with Gasteiger partial charge >= 0.3 is 0 Å². The summed E-state index contributed by atoms with van der Waals surface area (Å²) in [6.07, 6.45) is 2.36. The molecule has 7 aliphatic rings. The van der Waals surface area contributed by atoms with E-state index >= 15 is 0 Å². The van der Waals surface area contributed by atoms with Crippen molar-refractivity contribution < 1.29 is 28.7 Å². The lowest BCUT2D eigenvalue weighted by atomic mass is 9.52. The Balaban J connectivity index is 0.000000137. The monoisotopic (exact) mass is 1360 g/mol. The first-order valence-corrected chi connectivity index (χ1v) is 31.3. The van der Waals surface area contributed by atoms with E-state index in [1.807, 2.05) is 41.8 Å². The zero-order chi connectivity index (χ0) is 57.3. The van der Waals surface area contributed by atoms with E-state index in [4.69, 9.17) is 19.4 Å². The van der Waals surface area contributed by atoms with Gasteiger partial charge in [-0.05, 0) is 140 Å². The molecule has 3 heterocycles. The van der Waals surface area contributed by atoms with Crippen molar-refractivity contribution in [1.82, 2.24) is 13.1 Å². The Kier molecular flexibility index (Phi) is 14.6. The van der Waals surface area contributed by atoms with Gasteiger partial charge in [0.25, 0.3) is 0 Å².